The van der Waals surface area contributed by atoms with Crippen LogP contribution in [0.2, 0.25) is 5.02 Å². The van der Waals surface area contributed by atoms with Crippen LogP contribution in [0.25, 0.3) is 0 Å². The molecule has 1 heterocycles. The lowest BCUT2D eigenvalue weighted by molar-refractivity contribution is -0.130. The van der Waals surface area contributed by atoms with Crippen molar-refractivity contribution in [3.05, 3.63) is 59.1 Å². The Hall–Kier alpha value is -2.57. The molecule has 0 spiro atoms. The normalized spacial score (nSPS) is 17.7. The molecular weight excluding hydrogens is 382 g/mol. The van der Waals surface area contributed by atoms with E-state index >= 15 is 0 Å². The molecule has 2 amide bonds. The molecule has 5 nitrogen and oxygen atoms in total. The third-order valence-corrected chi connectivity index (χ3v) is 4.76. The predicted octanol–water partition coefficient (Wildman–Crippen LogP) is 4.23. The van der Waals surface area contributed by atoms with Crippen molar-refractivity contribution in [3.63, 3.8) is 0 Å². The SMILES string of the molecule is CC(C)c1ccc(N=C[C@@H]2C(=O)NC(=S)N(c3ccc(Cl)cc3)C2=O)cc1. The Labute approximate surface area is 168 Å². The van der Waals surface area contributed by atoms with Crippen LogP contribution in [-0.2, 0) is 9.59 Å². The third kappa shape index (κ3) is 4.23. The van der Waals surface area contributed by atoms with Gasteiger partial charge in [-0.25, -0.2) is 0 Å². The van der Waals surface area contributed by atoms with Crippen LogP contribution in [0, 0.1) is 5.92 Å². The molecule has 0 radical (unpaired) electrons. The van der Waals surface area contributed by atoms with Crippen LogP contribution in [0.4, 0.5) is 11.4 Å². The summed E-state index contributed by atoms with van der Waals surface area (Å²) in [6, 6.07) is 14.3. The number of amides is 2. The average Bonchev–Trinajstić information content (AvgIpc) is 2.63. The number of hydrogen-bond donors (Lipinski definition) is 1. The number of aliphatic imine (C=N–C) groups is 1. The van der Waals surface area contributed by atoms with Crippen molar-refractivity contribution in [1.29, 1.82) is 0 Å². The van der Waals surface area contributed by atoms with E-state index in [1.165, 1.54) is 16.7 Å². The second-order valence-corrected chi connectivity index (χ2v) is 7.27. The number of halogens is 1. The van der Waals surface area contributed by atoms with Gasteiger partial charge in [0, 0.05) is 11.2 Å². The fourth-order valence-corrected chi connectivity index (χ4v) is 3.08. The highest BCUT2D eigenvalue weighted by molar-refractivity contribution is 7.80. The lowest BCUT2D eigenvalue weighted by atomic mass is 10.0. The Bertz CT molecular complexity index is 908. The van der Waals surface area contributed by atoms with E-state index in [-0.39, 0.29) is 5.11 Å². The number of nitrogens with one attached hydrogen (secondary N) is 1. The molecule has 1 atom stereocenters. The van der Waals surface area contributed by atoms with E-state index in [9.17, 15) is 9.59 Å². The first-order chi connectivity index (χ1) is 12.9. The zero-order chi connectivity index (χ0) is 19.6. The van der Waals surface area contributed by atoms with Crippen molar-refractivity contribution >= 4 is 58.3 Å². The van der Waals surface area contributed by atoms with E-state index < -0.39 is 17.7 Å². The first-order valence-corrected chi connectivity index (χ1v) is 9.24. The van der Waals surface area contributed by atoms with Crippen molar-refractivity contribution in [2.24, 2.45) is 10.9 Å². The first kappa shape index (κ1) is 19.2. The van der Waals surface area contributed by atoms with Gasteiger partial charge in [-0.2, -0.15) is 0 Å². The van der Waals surface area contributed by atoms with Gasteiger partial charge in [-0.3, -0.25) is 19.5 Å². The van der Waals surface area contributed by atoms with Gasteiger partial charge >= 0.3 is 0 Å². The summed E-state index contributed by atoms with van der Waals surface area (Å²) < 4.78 is 0. The van der Waals surface area contributed by atoms with Gasteiger partial charge in [-0.1, -0.05) is 37.6 Å². The fourth-order valence-electron chi connectivity index (χ4n) is 2.66. The van der Waals surface area contributed by atoms with E-state index in [2.05, 4.69) is 24.2 Å². The van der Waals surface area contributed by atoms with Crippen LogP contribution in [0.5, 0.6) is 0 Å². The maximum Gasteiger partial charge on any atom is 0.251 e. The van der Waals surface area contributed by atoms with E-state index in [1.54, 1.807) is 24.3 Å². The monoisotopic (exact) mass is 399 g/mol. The molecule has 1 N–H and O–H groups in total. The summed E-state index contributed by atoms with van der Waals surface area (Å²) in [7, 11) is 0. The molecule has 1 aliphatic rings. The molecule has 7 heteroatoms. The highest BCUT2D eigenvalue weighted by Crippen LogP contribution is 2.23. The minimum atomic E-state index is -1.06. The summed E-state index contributed by atoms with van der Waals surface area (Å²) >= 11 is 11.1. The minimum Gasteiger partial charge on any atom is -0.301 e. The minimum absolute atomic E-state index is 0.0401. The van der Waals surface area contributed by atoms with Gasteiger partial charge < -0.3 is 5.32 Å². The molecule has 1 aliphatic heterocycles. The second-order valence-electron chi connectivity index (χ2n) is 6.45. The lowest BCUT2D eigenvalue weighted by Crippen LogP contribution is -2.58. The standard InChI is InChI=1S/C20H18ClN3O2S/c1-12(2)13-3-7-15(8-4-13)22-11-17-18(25)23-20(27)24(19(17)26)16-9-5-14(21)6-10-16/h3-12,17H,1-2H3,(H,23,25,27)/t17-/m1/s1. The Morgan fingerprint density at radius 3 is 2.33 bits per heavy atom. The molecule has 27 heavy (non-hydrogen) atoms. The van der Waals surface area contributed by atoms with Gasteiger partial charge in [0.05, 0.1) is 11.4 Å². The highest BCUT2D eigenvalue weighted by Gasteiger charge is 2.38. The zero-order valence-electron chi connectivity index (χ0n) is 14.8. The molecule has 0 bridgehead atoms. The summed E-state index contributed by atoms with van der Waals surface area (Å²) in [6.45, 7) is 4.22. The van der Waals surface area contributed by atoms with Gasteiger partial charge in [-0.05, 0) is 60.1 Å². The number of carbonyl (C=O) groups is 2. The van der Waals surface area contributed by atoms with Gasteiger partial charge in [-0.15, -0.1) is 0 Å². The molecule has 3 rings (SSSR count). The van der Waals surface area contributed by atoms with Crippen molar-refractivity contribution in [1.82, 2.24) is 5.32 Å². The number of rotatable bonds is 4. The maximum absolute atomic E-state index is 12.8. The van der Waals surface area contributed by atoms with E-state index in [1.807, 2.05) is 24.3 Å². The van der Waals surface area contributed by atoms with Gasteiger partial charge in [0.1, 0.15) is 0 Å². The van der Waals surface area contributed by atoms with Crippen molar-refractivity contribution < 1.29 is 9.59 Å². The second kappa shape index (κ2) is 7.98. The Kier molecular flexibility index (Phi) is 5.68. The summed E-state index contributed by atoms with van der Waals surface area (Å²) in [6.07, 6.45) is 1.35. The van der Waals surface area contributed by atoms with Crippen LogP contribution in [0.3, 0.4) is 0 Å². The molecule has 1 saturated heterocycles. The fraction of sp³-hybridized carbons (Fsp3) is 0.200. The number of anilines is 1. The molecule has 1 fully saturated rings. The molecular formula is C20H18ClN3O2S. The van der Waals surface area contributed by atoms with Crippen LogP contribution < -0.4 is 10.2 Å². The molecule has 0 unspecified atom stereocenters. The van der Waals surface area contributed by atoms with Crippen molar-refractivity contribution in [3.8, 4) is 0 Å². The van der Waals surface area contributed by atoms with Gasteiger partial charge in [0.15, 0.2) is 11.0 Å². The number of benzene rings is 2. The Morgan fingerprint density at radius 2 is 1.74 bits per heavy atom. The third-order valence-electron chi connectivity index (χ3n) is 4.22. The largest absolute Gasteiger partial charge is 0.301 e. The number of nitrogens with zero attached hydrogens (tertiary/aromatic N) is 2. The summed E-state index contributed by atoms with van der Waals surface area (Å²) in [5, 5.41) is 3.14. The van der Waals surface area contributed by atoms with Crippen LogP contribution in [0.15, 0.2) is 53.5 Å². The topological polar surface area (TPSA) is 61.8 Å². The van der Waals surface area contributed by atoms with Crippen LogP contribution in [-0.4, -0.2) is 23.1 Å². The average molecular weight is 400 g/mol. The zero-order valence-corrected chi connectivity index (χ0v) is 16.4. The number of thiocarbonyl (C=S) groups is 1. The van der Waals surface area contributed by atoms with E-state index in [0.717, 1.165) is 0 Å². The maximum atomic E-state index is 12.8. The quantitative estimate of drug-likeness (QED) is 0.475. The van der Waals surface area contributed by atoms with Gasteiger partial charge in [0.25, 0.3) is 5.91 Å². The Balaban J connectivity index is 1.83. The van der Waals surface area contributed by atoms with E-state index in [4.69, 9.17) is 23.8 Å². The molecule has 0 saturated carbocycles. The predicted molar refractivity (Wildman–Crippen MR) is 112 cm³/mol. The van der Waals surface area contributed by atoms with Crippen LogP contribution in [0.1, 0.15) is 25.3 Å². The number of carbonyl (C=O) groups excluding carboxylic acids is 2. The van der Waals surface area contributed by atoms with Crippen molar-refractivity contribution in [2.45, 2.75) is 19.8 Å². The first-order valence-electron chi connectivity index (χ1n) is 8.45. The number of hydrogen-bond acceptors (Lipinski definition) is 4. The van der Waals surface area contributed by atoms with Crippen molar-refractivity contribution in [2.75, 3.05) is 4.90 Å². The molecule has 138 valence electrons. The molecule has 0 aliphatic carbocycles. The van der Waals surface area contributed by atoms with Crippen LogP contribution >= 0.6 is 23.8 Å². The Morgan fingerprint density at radius 1 is 1.11 bits per heavy atom. The summed E-state index contributed by atoms with van der Waals surface area (Å²) in [5.41, 5.74) is 2.40. The summed E-state index contributed by atoms with van der Waals surface area (Å²) in [4.78, 5) is 30.7. The van der Waals surface area contributed by atoms with E-state index in [0.29, 0.717) is 22.3 Å². The molecule has 0 aromatic heterocycles. The lowest BCUT2D eigenvalue weighted by Gasteiger charge is -2.30. The smallest absolute Gasteiger partial charge is 0.251 e. The summed E-state index contributed by atoms with van der Waals surface area (Å²) in [5.74, 6) is -1.58. The highest BCUT2D eigenvalue weighted by atomic mass is 35.5. The molecule has 2 aromatic rings. The van der Waals surface area contributed by atoms with Gasteiger partial charge in [0.2, 0.25) is 5.91 Å². The molecule has 2 aromatic carbocycles.